The normalized spacial score (nSPS) is 19.2. The van der Waals surface area contributed by atoms with Crippen molar-refractivity contribution in [1.82, 2.24) is 10.2 Å². The van der Waals surface area contributed by atoms with Gasteiger partial charge in [-0.1, -0.05) is 19.3 Å². The van der Waals surface area contributed by atoms with E-state index in [2.05, 4.69) is 5.32 Å². The maximum absolute atomic E-state index is 11.8. The first-order valence-electron chi connectivity index (χ1n) is 6.29. The van der Waals surface area contributed by atoms with E-state index in [4.69, 9.17) is 5.11 Å². The number of urea groups is 1. The van der Waals surface area contributed by atoms with Gasteiger partial charge in [0.1, 0.15) is 0 Å². The van der Waals surface area contributed by atoms with Crippen LogP contribution in [-0.4, -0.2) is 41.8 Å². The summed E-state index contributed by atoms with van der Waals surface area (Å²) in [6.45, 7) is 2.35. The summed E-state index contributed by atoms with van der Waals surface area (Å²) in [5.41, 5.74) is 0. The first-order chi connectivity index (χ1) is 7.59. The smallest absolute Gasteiger partial charge is 0.317 e. The van der Waals surface area contributed by atoms with Crippen molar-refractivity contribution in [3.8, 4) is 0 Å². The molecule has 16 heavy (non-hydrogen) atoms. The van der Waals surface area contributed by atoms with Gasteiger partial charge in [-0.2, -0.15) is 0 Å². The van der Waals surface area contributed by atoms with Crippen LogP contribution >= 0.6 is 0 Å². The summed E-state index contributed by atoms with van der Waals surface area (Å²) in [5.74, 6) is 0. The predicted molar refractivity (Wildman–Crippen MR) is 64.3 cm³/mol. The van der Waals surface area contributed by atoms with E-state index in [1.165, 1.54) is 19.3 Å². The van der Waals surface area contributed by atoms with Gasteiger partial charge in [-0.15, -0.1) is 0 Å². The third kappa shape index (κ3) is 4.84. The second-order valence-corrected chi connectivity index (χ2v) is 4.84. The van der Waals surface area contributed by atoms with Crippen molar-refractivity contribution >= 4 is 6.03 Å². The van der Waals surface area contributed by atoms with Crippen molar-refractivity contribution in [2.24, 2.45) is 0 Å². The highest BCUT2D eigenvalue weighted by atomic mass is 16.3. The molecule has 0 bridgehead atoms. The summed E-state index contributed by atoms with van der Waals surface area (Å²) in [4.78, 5) is 13.4. The fourth-order valence-corrected chi connectivity index (χ4v) is 2.01. The van der Waals surface area contributed by atoms with Gasteiger partial charge in [0.2, 0.25) is 0 Å². The molecule has 0 spiro atoms. The van der Waals surface area contributed by atoms with Crippen LogP contribution in [0.15, 0.2) is 0 Å². The Morgan fingerprint density at radius 2 is 2.06 bits per heavy atom. The van der Waals surface area contributed by atoms with Crippen LogP contribution in [0, 0.1) is 0 Å². The number of hydrogen-bond donors (Lipinski definition) is 2. The van der Waals surface area contributed by atoms with Gasteiger partial charge in [0.15, 0.2) is 0 Å². The lowest BCUT2D eigenvalue weighted by molar-refractivity contribution is 0.161. The molecule has 4 heteroatoms. The van der Waals surface area contributed by atoms with E-state index in [1.54, 1.807) is 18.9 Å². The quantitative estimate of drug-likeness (QED) is 0.770. The van der Waals surface area contributed by atoms with Gasteiger partial charge in [0.05, 0.1) is 6.10 Å². The summed E-state index contributed by atoms with van der Waals surface area (Å²) in [5, 5.41) is 12.2. The minimum absolute atomic E-state index is 0.00690. The third-order valence-electron chi connectivity index (χ3n) is 3.16. The molecule has 0 aromatic carbocycles. The molecular formula is C12H24N2O2. The first-order valence-corrected chi connectivity index (χ1v) is 6.29. The number of hydrogen-bond acceptors (Lipinski definition) is 2. The van der Waals surface area contributed by atoms with Crippen molar-refractivity contribution in [2.75, 3.05) is 13.6 Å². The number of carbonyl (C=O) groups is 1. The number of carbonyl (C=O) groups excluding carboxylic acids is 1. The molecule has 0 aromatic heterocycles. The van der Waals surface area contributed by atoms with E-state index in [0.29, 0.717) is 19.0 Å². The highest BCUT2D eigenvalue weighted by Gasteiger charge is 2.17. The van der Waals surface area contributed by atoms with Crippen LogP contribution in [0.25, 0.3) is 0 Å². The van der Waals surface area contributed by atoms with Crippen molar-refractivity contribution in [3.05, 3.63) is 0 Å². The minimum Gasteiger partial charge on any atom is -0.393 e. The second-order valence-electron chi connectivity index (χ2n) is 4.84. The Bertz CT molecular complexity index is 213. The minimum atomic E-state index is -0.343. The Morgan fingerprint density at radius 3 is 2.62 bits per heavy atom. The maximum Gasteiger partial charge on any atom is 0.317 e. The van der Waals surface area contributed by atoms with Gasteiger partial charge in [-0.25, -0.2) is 4.79 Å². The van der Waals surface area contributed by atoms with Crippen LogP contribution in [-0.2, 0) is 0 Å². The zero-order chi connectivity index (χ0) is 12.0. The van der Waals surface area contributed by atoms with E-state index in [-0.39, 0.29) is 12.1 Å². The lowest BCUT2D eigenvalue weighted by Gasteiger charge is -2.26. The standard InChI is InChI=1S/C12H24N2O2/c1-10(15)8-9-14(2)12(16)13-11-6-4-3-5-7-11/h10-11,15H,3-9H2,1-2H3,(H,13,16). The fraction of sp³-hybridized carbons (Fsp3) is 0.917. The molecule has 1 saturated carbocycles. The molecule has 0 saturated heterocycles. The molecule has 1 aliphatic rings. The number of amides is 2. The van der Waals surface area contributed by atoms with Crippen molar-refractivity contribution < 1.29 is 9.90 Å². The average Bonchev–Trinajstić information content (AvgIpc) is 2.27. The molecule has 0 aliphatic heterocycles. The highest BCUT2D eigenvalue weighted by molar-refractivity contribution is 5.74. The number of aliphatic hydroxyl groups excluding tert-OH is 1. The summed E-state index contributed by atoms with van der Waals surface area (Å²) in [7, 11) is 1.78. The van der Waals surface area contributed by atoms with Gasteiger partial charge in [-0.3, -0.25) is 0 Å². The Labute approximate surface area is 98.0 Å². The van der Waals surface area contributed by atoms with Gasteiger partial charge >= 0.3 is 6.03 Å². The van der Waals surface area contributed by atoms with E-state index in [1.807, 2.05) is 0 Å². The van der Waals surface area contributed by atoms with Crippen molar-refractivity contribution in [1.29, 1.82) is 0 Å². The lowest BCUT2D eigenvalue weighted by atomic mass is 9.96. The Hall–Kier alpha value is -0.770. The van der Waals surface area contributed by atoms with Gasteiger partial charge < -0.3 is 15.3 Å². The number of rotatable bonds is 4. The molecule has 1 unspecified atom stereocenters. The average molecular weight is 228 g/mol. The van der Waals surface area contributed by atoms with E-state index in [0.717, 1.165) is 12.8 Å². The zero-order valence-corrected chi connectivity index (χ0v) is 10.4. The first kappa shape index (κ1) is 13.3. The van der Waals surface area contributed by atoms with Gasteiger partial charge in [0, 0.05) is 19.6 Å². The molecule has 1 fully saturated rings. The predicted octanol–water partition coefficient (Wildman–Crippen LogP) is 1.73. The Balaban J connectivity index is 2.22. The molecule has 0 radical (unpaired) electrons. The summed E-state index contributed by atoms with van der Waals surface area (Å²) in [6, 6.07) is 0.350. The third-order valence-corrected chi connectivity index (χ3v) is 3.16. The van der Waals surface area contributed by atoms with Crippen molar-refractivity contribution in [2.45, 2.75) is 57.6 Å². The van der Waals surface area contributed by atoms with E-state index in [9.17, 15) is 4.79 Å². The van der Waals surface area contributed by atoms with E-state index >= 15 is 0 Å². The molecule has 0 heterocycles. The van der Waals surface area contributed by atoms with Crippen LogP contribution in [0.2, 0.25) is 0 Å². The molecular weight excluding hydrogens is 204 g/mol. The fourth-order valence-electron chi connectivity index (χ4n) is 2.01. The molecule has 1 atom stereocenters. The van der Waals surface area contributed by atoms with Crippen LogP contribution in [0.3, 0.4) is 0 Å². The number of nitrogens with zero attached hydrogens (tertiary/aromatic N) is 1. The summed E-state index contributed by atoms with van der Waals surface area (Å²) in [6.07, 6.45) is 6.25. The molecule has 4 nitrogen and oxygen atoms in total. The molecule has 2 amide bonds. The summed E-state index contributed by atoms with van der Waals surface area (Å²) >= 11 is 0. The molecule has 94 valence electrons. The van der Waals surface area contributed by atoms with Crippen LogP contribution < -0.4 is 5.32 Å². The highest BCUT2D eigenvalue weighted by Crippen LogP contribution is 2.17. The van der Waals surface area contributed by atoms with Crippen molar-refractivity contribution in [3.63, 3.8) is 0 Å². The van der Waals surface area contributed by atoms with Crippen LogP contribution in [0.1, 0.15) is 45.4 Å². The van der Waals surface area contributed by atoms with E-state index < -0.39 is 0 Å². The Morgan fingerprint density at radius 1 is 1.44 bits per heavy atom. The monoisotopic (exact) mass is 228 g/mol. The molecule has 2 N–H and O–H groups in total. The SMILES string of the molecule is CC(O)CCN(C)C(=O)NC1CCCCC1. The Kier molecular flexibility index (Phi) is 5.60. The molecule has 1 aliphatic carbocycles. The van der Waals surface area contributed by atoms with Gasteiger partial charge in [-0.05, 0) is 26.2 Å². The lowest BCUT2D eigenvalue weighted by Crippen LogP contribution is -2.44. The maximum atomic E-state index is 11.8. The van der Waals surface area contributed by atoms with Crippen LogP contribution in [0.5, 0.6) is 0 Å². The molecule has 0 aromatic rings. The number of nitrogens with one attached hydrogen (secondary N) is 1. The topological polar surface area (TPSA) is 52.6 Å². The summed E-state index contributed by atoms with van der Waals surface area (Å²) < 4.78 is 0. The van der Waals surface area contributed by atoms with Crippen LogP contribution in [0.4, 0.5) is 4.79 Å². The second kappa shape index (κ2) is 6.74. The zero-order valence-electron chi connectivity index (χ0n) is 10.4. The van der Waals surface area contributed by atoms with Gasteiger partial charge in [0.25, 0.3) is 0 Å². The largest absolute Gasteiger partial charge is 0.393 e. The molecule has 1 rings (SSSR count). The number of aliphatic hydroxyl groups is 1.